The fourth-order valence-corrected chi connectivity index (χ4v) is 1.24. The molecule has 0 saturated carbocycles. The standard InChI is InChI=1S/C12H23NO5/c1-12(2,18-5)6-7-13(8-10(14)16-3)9-11(15)17-4/h6-9H2,1-5H3. The van der Waals surface area contributed by atoms with E-state index in [1.165, 1.54) is 14.2 Å². The number of esters is 2. The summed E-state index contributed by atoms with van der Waals surface area (Å²) in [6, 6.07) is 0. The number of hydrogen-bond donors (Lipinski definition) is 0. The number of carbonyl (C=O) groups is 2. The van der Waals surface area contributed by atoms with Crippen LogP contribution >= 0.6 is 0 Å². The van der Waals surface area contributed by atoms with E-state index in [0.717, 1.165) is 0 Å². The average Bonchev–Trinajstić information content (AvgIpc) is 2.35. The molecule has 0 atom stereocenters. The first-order valence-electron chi connectivity index (χ1n) is 5.75. The Labute approximate surface area is 108 Å². The number of methoxy groups -OCH3 is 3. The Bertz CT molecular complexity index is 260. The summed E-state index contributed by atoms with van der Waals surface area (Å²) in [7, 11) is 4.26. The monoisotopic (exact) mass is 261 g/mol. The molecule has 0 rings (SSSR count). The van der Waals surface area contributed by atoms with Gasteiger partial charge in [-0.25, -0.2) is 0 Å². The molecule has 0 spiro atoms. The molecule has 0 bridgehead atoms. The Hall–Kier alpha value is -1.14. The lowest BCUT2D eigenvalue weighted by atomic mass is 10.1. The van der Waals surface area contributed by atoms with E-state index in [2.05, 4.69) is 9.47 Å². The molecule has 0 radical (unpaired) electrons. The molecule has 6 heteroatoms. The second-order valence-corrected chi connectivity index (χ2v) is 4.58. The molecule has 0 unspecified atom stereocenters. The Morgan fingerprint density at radius 3 is 1.78 bits per heavy atom. The van der Waals surface area contributed by atoms with Crippen molar-refractivity contribution < 1.29 is 23.8 Å². The van der Waals surface area contributed by atoms with Crippen molar-refractivity contribution in [2.75, 3.05) is 41.0 Å². The van der Waals surface area contributed by atoms with E-state index in [-0.39, 0.29) is 30.6 Å². The normalized spacial score (nSPS) is 11.4. The van der Waals surface area contributed by atoms with E-state index in [0.29, 0.717) is 13.0 Å². The van der Waals surface area contributed by atoms with Gasteiger partial charge in [0.15, 0.2) is 0 Å². The summed E-state index contributed by atoms with van der Waals surface area (Å²) in [6.45, 7) is 4.56. The summed E-state index contributed by atoms with van der Waals surface area (Å²) in [5.74, 6) is -0.761. The SMILES string of the molecule is COC(=O)CN(CCC(C)(C)OC)CC(=O)OC. The van der Waals surface area contributed by atoms with E-state index >= 15 is 0 Å². The first-order chi connectivity index (χ1) is 8.34. The van der Waals surface area contributed by atoms with Gasteiger partial charge in [-0.05, 0) is 20.3 Å². The molecule has 0 aliphatic rings. The summed E-state index contributed by atoms with van der Waals surface area (Å²) in [4.78, 5) is 24.2. The molecule has 0 aliphatic heterocycles. The van der Waals surface area contributed by atoms with Crippen molar-refractivity contribution in [2.45, 2.75) is 25.9 Å². The van der Waals surface area contributed by atoms with Crippen LogP contribution in [-0.2, 0) is 23.8 Å². The van der Waals surface area contributed by atoms with Crippen LogP contribution in [0.15, 0.2) is 0 Å². The molecular weight excluding hydrogens is 238 g/mol. The minimum absolute atomic E-state index is 0.0609. The Balaban J connectivity index is 4.37. The van der Waals surface area contributed by atoms with Crippen LogP contribution in [0.5, 0.6) is 0 Å². The number of hydrogen-bond acceptors (Lipinski definition) is 6. The van der Waals surface area contributed by atoms with Crippen molar-refractivity contribution in [3.63, 3.8) is 0 Å². The minimum atomic E-state index is -0.380. The average molecular weight is 261 g/mol. The molecule has 0 aromatic heterocycles. The van der Waals surface area contributed by atoms with Crippen LogP contribution in [0, 0.1) is 0 Å². The molecule has 0 aliphatic carbocycles. The van der Waals surface area contributed by atoms with Gasteiger partial charge in [-0.1, -0.05) is 0 Å². The minimum Gasteiger partial charge on any atom is -0.468 e. The fraction of sp³-hybridized carbons (Fsp3) is 0.833. The lowest BCUT2D eigenvalue weighted by Gasteiger charge is -2.27. The van der Waals surface area contributed by atoms with Crippen molar-refractivity contribution in [3.8, 4) is 0 Å². The van der Waals surface area contributed by atoms with Gasteiger partial charge in [0.05, 0.1) is 32.9 Å². The van der Waals surface area contributed by atoms with Gasteiger partial charge < -0.3 is 14.2 Å². The van der Waals surface area contributed by atoms with Crippen LogP contribution in [0.3, 0.4) is 0 Å². The van der Waals surface area contributed by atoms with Crippen molar-refractivity contribution in [2.24, 2.45) is 0 Å². The molecule has 0 N–H and O–H groups in total. The van der Waals surface area contributed by atoms with Gasteiger partial charge in [-0.15, -0.1) is 0 Å². The zero-order chi connectivity index (χ0) is 14.2. The second-order valence-electron chi connectivity index (χ2n) is 4.58. The highest BCUT2D eigenvalue weighted by Gasteiger charge is 2.21. The first-order valence-corrected chi connectivity index (χ1v) is 5.75. The molecule has 18 heavy (non-hydrogen) atoms. The smallest absolute Gasteiger partial charge is 0.319 e. The number of carbonyl (C=O) groups excluding carboxylic acids is 2. The Kier molecular flexibility index (Phi) is 7.54. The predicted molar refractivity (Wildman–Crippen MR) is 66.2 cm³/mol. The van der Waals surface area contributed by atoms with Crippen molar-refractivity contribution >= 4 is 11.9 Å². The molecule has 0 aromatic rings. The number of nitrogens with zero attached hydrogens (tertiary/aromatic N) is 1. The molecule has 0 aromatic carbocycles. The fourth-order valence-electron chi connectivity index (χ4n) is 1.24. The highest BCUT2D eigenvalue weighted by molar-refractivity contribution is 5.74. The van der Waals surface area contributed by atoms with Gasteiger partial charge in [0.1, 0.15) is 0 Å². The van der Waals surface area contributed by atoms with Crippen LogP contribution in [-0.4, -0.2) is 63.4 Å². The summed E-state index contributed by atoms with van der Waals surface area (Å²) < 4.78 is 14.5. The summed E-state index contributed by atoms with van der Waals surface area (Å²) >= 11 is 0. The molecule has 0 heterocycles. The lowest BCUT2D eigenvalue weighted by Crippen LogP contribution is -2.39. The number of ether oxygens (including phenoxy) is 3. The quantitative estimate of drug-likeness (QED) is 0.591. The topological polar surface area (TPSA) is 65.1 Å². The number of rotatable bonds is 8. The third-order valence-electron chi connectivity index (χ3n) is 2.74. The van der Waals surface area contributed by atoms with Crippen LogP contribution in [0.2, 0.25) is 0 Å². The van der Waals surface area contributed by atoms with E-state index in [4.69, 9.17) is 4.74 Å². The van der Waals surface area contributed by atoms with E-state index in [9.17, 15) is 9.59 Å². The maximum absolute atomic E-state index is 11.2. The van der Waals surface area contributed by atoms with E-state index in [1.807, 2.05) is 13.8 Å². The largest absolute Gasteiger partial charge is 0.468 e. The zero-order valence-corrected chi connectivity index (χ0v) is 11.8. The zero-order valence-electron chi connectivity index (χ0n) is 11.8. The first kappa shape index (κ1) is 16.9. The van der Waals surface area contributed by atoms with Crippen molar-refractivity contribution in [1.29, 1.82) is 0 Å². The highest BCUT2D eigenvalue weighted by Crippen LogP contribution is 2.13. The predicted octanol–water partition coefficient (Wildman–Crippen LogP) is 0.450. The van der Waals surface area contributed by atoms with Crippen LogP contribution in [0.4, 0.5) is 0 Å². The Morgan fingerprint density at radius 2 is 1.44 bits per heavy atom. The molecule has 6 nitrogen and oxygen atoms in total. The third-order valence-corrected chi connectivity index (χ3v) is 2.74. The van der Waals surface area contributed by atoms with Gasteiger partial charge in [0, 0.05) is 13.7 Å². The van der Waals surface area contributed by atoms with Gasteiger partial charge >= 0.3 is 11.9 Å². The van der Waals surface area contributed by atoms with Gasteiger partial charge in [0.25, 0.3) is 0 Å². The van der Waals surface area contributed by atoms with Gasteiger partial charge in [-0.3, -0.25) is 14.5 Å². The van der Waals surface area contributed by atoms with Crippen LogP contribution in [0.25, 0.3) is 0 Å². The molecule has 0 fully saturated rings. The molecule has 106 valence electrons. The lowest BCUT2D eigenvalue weighted by molar-refractivity contribution is -0.146. The molecular formula is C12H23NO5. The summed E-state index contributed by atoms with van der Waals surface area (Å²) in [5, 5.41) is 0. The molecule has 0 amide bonds. The third kappa shape index (κ3) is 7.24. The van der Waals surface area contributed by atoms with E-state index in [1.54, 1.807) is 12.0 Å². The molecule has 0 saturated heterocycles. The highest BCUT2D eigenvalue weighted by atomic mass is 16.5. The van der Waals surface area contributed by atoms with Crippen molar-refractivity contribution in [3.05, 3.63) is 0 Å². The summed E-state index contributed by atoms with van der Waals surface area (Å²) in [6.07, 6.45) is 0.692. The maximum Gasteiger partial charge on any atom is 0.319 e. The van der Waals surface area contributed by atoms with Crippen LogP contribution in [0.1, 0.15) is 20.3 Å². The maximum atomic E-state index is 11.2. The van der Waals surface area contributed by atoms with Gasteiger partial charge in [0.2, 0.25) is 0 Å². The van der Waals surface area contributed by atoms with Crippen molar-refractivity contribution in [1.82, 2.24) is 4.90 Å². The summed E-state index contributed by atoms with van der Waals surface area (Å²) in [5.41, 5.74) is -0.301. The van der Waals surface area contributed by atoms with Crippen LogP contribution < -0.4 is 0 Å². The Morgan fingerprint density at radius 1 is 1.00 bits per heavy atom. The van der Waals surface area contributed by atoms with Gasteiger partial charge in [-0.2, -0.15) is 0 Å². The van der Waals surface area contributed by atoms with E-state index < -0.39 is 0 Å². The second kappa shape index (κ2) is 8.05.